The molecule has 0 saturated carbocycles. The fourth-order valence-electron chi connectivity index (χ4n) is 1.26. The second-order valence-electron chi connectivity index (χ2n) is 2.86. The average molecular weight is 142 g/mol. The summed E-state index contributed by atoms with van der Waals surface area (Å²) in [7, 11) is 4.05. The van der Waals surface area contributed by atoms with Crippen LogP contribution in [0.2, 0.25) is 0 Å². The van der Waals surface area contributed by atoms with Crippen molar-refractivity contribution in [3.8, 4) is 0 Å². The molecule has 1 N–H and O–H groups in total. The molecule has 0 amide bonds. The largest absolute Gasteiger partial charge is 0.392 e. The number of nitrogens with zero attached hydrogens (tertiary/aromatic N) is 2. The lowest BCUT2D eigenvalue weighted by Crippen LogP contribution is -2.36. The van der Waals surface area contributed by atoms with Gasteiger partial charge in [0.2, 0.25) is 0 Å². The number of aliphatic hydroxyl groups excluding tert-OH is 1. The highest BCUT2D eigenvalue weighted by molar-refractivity contribution is 5.06. The highest BCUT2D eigenvalue weighted by Gasteiger charge is 2.09. The molecule has 10 heavy (non-hydrogen) atoms. The summed E-state index contributed by atoms with van der Waals surface area (Å²) < 4.78 is 0. The van der Waals surface area contributed by atoms with Gasteiger partial charge in [0.05, 0.1) is 13.3 Å². The molecule has 0 atom stereocenters. The zero-order valence-electron chi connectivity index (χ0n) is 6.54. The van der Waals surface area contributed by atoms with Crippen LogP contribution in [0.5, 0.6) is 0 Å². The first-order valence-electron chi connectivity index (χ1n) is 3.41. The zero-order valence-corrected chi connectivity index (χ0v) is 6.54. The van der Waals surface area contributed by atoms with E-state index in [9.17, 15) is 0 Å². The molecule has 58 valence electrons. The summed E-state index contributed by atoms with van der Waals surface area (Å²) in [5.74, 6) is 0. The van der Waals surface area contributed by atoms with Gasteiger partial charge in [-0.05, 0) is 12.6 Å². The van der Waals surface area contributed by atoms with Crippen LogP contribution >= 0.6 is 0 Å². The molecular formula is C7H14N2O. The molecule has 1 aliphatic heterocycles. The summed E-state index contributed by atoms with van der Waals surface area (Å²) in [6.45, 7) is 2.01. The van der Waals surface area contributed by atoms with Crippen LogP contribution in [0.3, 0.4) is 0 Å². The van der Waals surface area contributed by atoms with Gasteiger partial charge in [-0.25, -0.2) is 0 Å². The van der Waals surface area contributed by atoms with Gasteiger partial charge in [-0.3, -0.25) is 4.90 Å². The van der Waals surface area contributed by atoms with E-state index in [-0.39, 0.29) is 6.61 Å². The monoisotopic (exact) mass is 142 g/mol. The Hall–Kier alpha value is -0.540. The highest BCUT2D eigenvalue weighted by Crippen LogP contribution is 2.05. The van der Waals surface area contributed by atoms with Crippen molar-refractivity contribution in [2.75, 3.05) is 33.9 Å². The van der Waals surface area contributed by atoms with Crippen LogP contribution in [-0.4, -0.2) is 48.8 Å². The lowest BCUT2D eigenvalue weighted by Gasteiger charge is -2.29. The summed E-state index contributed by atoms with van der Waals surface area (Å²) in [4.78, 5) is 4.22. The van der Waals surface area contributed by atoms with Crippen LogP contribution in [-0.2, 0) is 0 Å². The first-order chi connectivity index (χ1) is 4.72. The minimum Gasteiger partial charge on any atom is -0.392 e. The summed E-state index contributed by atoms with van der Waals surface area (Å²) in [5, 5.41) is 8.80. The van der Waals surface area contributed by atoms with Gasteiger partial charge in [0, 0.05) is 19.8 Å². The molecule has 0 unspecified atom stereocenters. The topological polar surface area (TPSA) is 26.7 Å². The van der Waals surface area contributed by atoms with Crippen LogP contribution in [0.25, 0.3) is 0 Å². The van der Waals surface area contributed by atoms with Crippen molar-refractivity contribution in [3.05, 3.63) is 11.8 Å². The fourth-order valence-corrected chi connectivity index (χ4v) is 1.26. The van der Waals surface area contributed by atoms with E-state index in [2.05, 4.69) is 9.80 Å². The Balaban J connectivity index is 2.56. The summed E-state index contributed by atoms with van der Waals surface area (Å²) in [6, 6.07) is 0. The number of likely N-dealkylation sites (N-methyl/N-ethyl adjacent to an activating group) is 1. The third kappa shape index (κ3) is 1.72. The van der Waals surface area contributed by atoms with E-state index in [0.29, 0.717) is 0 Å². The van der Waals surface area contributed by atoms with E-state index in [1.807, 2.05) is 20.3 Å². The molecule has 0 bridgehead atoms. The van der Waals surface area contributed by atoms with Crippen molar-refractivity contribution in [3.63, 3.8) is 0 Å². The molecule has 3 heteroatoms. The van der Waals surface area contributed by atoms with Gasteiger partial charge >= 0.3 is 0 Å². The molecule has 0 spiro atoms. The van der Waals surface area contributed by atoms with Gasteiger partial charge in [0.1, 0.15) is 0 Å². The molecule has 3 nitrogen and oxygen atoms in total. The van der Waals surface area contributed by atoms with Crippen molar-refractivity contribution in [1.82, 2.24) is 9.80 Å². The minimum absolute atomic E-state index is 0.175. The molecule has 0 aromatic rings. The Morgan fingerprint density at radius 2 is 2.30 bits per heavy atom. The van der Waals surface area contributed by atoms with E-state index >= 15 is 0 Å². The van der Waals surface area contributed by atoms with E-state index in [0.717, 1.165) is 18.8 Å². The van der Waals surface area contributed by atoms with Crippen LogP contribution in [0.15, 0.2) is 11.8 Å². The Kier molecular flexibility index (Phi) is 2.29. The first-order valence-corrected chi connectivity index (χ1v) is 3.41. The third-order valence-corrected chi connectivity index (χ3v) is 1.54. The predicted octanol–water partition coefficient (Wildman–Crippen LogP) is -0.303. The predicted molar refractivity (Wildman–Crippen MR) is 40.4 cm³/mol. The van der Waals surface area contributed by atoms with Crippen LogP contribution in [0.4, 0.5) is 0 Å². The van der Waals surface area contributed by atoms with E-state index in [1.165, 1.54) is 0 Å². The van der Waals surface area contributed by atoms with Gasteiger partial charge in [-0.2, -0.15) is 0 Å². The number of aliphatic hydroxyl groups is 1. The van der Waals surface area contributed by atoms with Gasteiger partial charge in [-0.15, -0.1) is 0 Å². The van der Waals surface area contributed by atoms with Gasteiger partial charge in [0.15, 0.2) is 0 Å². The quantitative estimate of drug-likeness (QED) is 0.544. The molecule has 1 rings (SSSR count). The molecule has 1 heterocycles. The highest BCUT2D eigenvalue weighted by atomic mass is 16.3. The molecule has 0 aliphatic carbocycles. The maximum absolute atomic E-state index is 8.80. The van der Waals surface area contributed by atoms with E-state index in [1.54, 1.807) is 0 Å². The molecule has 0 aromatic heterocycles. The maximum Gasteiger partial charge on any atom is 0.0698 e. The third-order valence-electron chi connectivity index (χ3n) is 1.54. The van der Waals surface area contributed by atoms with Gasteiger partial charge in [0.25, 0.3) is 0 Å². The van der Waals surface area contributed by atoms with E-state index in [4.69, 9.17) is 5.11 Å². The molecule has 0 radical (unpaired) electrons. The Morgan fingerprint density at radius 1 is 1.60 bits per heavy atom. The number of hydrogen-bond donors (Lipinski definition) is 1. The molecule has 0 aromatic carbocycles. The Morgan fingerprint density at radius 3 is 2.80 bits per heavy atom. The van der Waals surface area contributed by atoms with Crippen LogP contribution in [0.1, 0.15) is 0 Å². The number of hydrogen-bond acceptors (Lipinski definition) is 3. The second kappa shape index (κ2) is 3.03. The lowest BCUT2D eigenvalue weighted by molar-refractivity contribution is 0.203. The first kappa shape index (κ1) is 7.57. The number of rotatable bonds is 1. The molecular weight excluding hydrogens is 128 g/mol. The molecule has 0 fully saturated rings. The van der Waals surface area contributed by atoms with Gasteiger partial charge < -0.3 is 10.0 Å². The van der Waals surface area contributed by atoms with Crippen molar-refractivity contribution < 1.29 is 5.11 Å². The van der Waals surface area contributed by atoms with Crippen molar-refractivity contribution >= 4 is 0 Å². The Bertz CT molecular complexity index is 145. The standard InChI is InChI=1S/C7H14N2O/c1-8-3-7(5-10)4-9(2)6-8/h3,10H,4-6H2,1-2H3. The van der Waals surface area contributed by atoms with Crippen molar-refractivity contribution in [1.29, 1.82) is 0 Å². The average Bonchev–Trinajstić information content (AvgIpc) is 1.85. The molecule has 1 aliphatic rings. The minimum atomic E-state index is 0.175. The fraction of sp³-hybridized carbons (Fsp3) is 0.714. The lowest BCUT2D eigenvalue weighted by atomic mass is 10.2. The smallest absolute Gasteiger partial charge is 0.0698 e. The van der Waals surface area contributed by atoms with Gasteiger partial charge in [-0.1, -0.05) is 0 Å². The summed E-state index contributed by atoms with van der Waals surface area (Å²) in [6.07, 6.45) is 2.00. The zero-order chi connectivity index (χ0) is 7.56. The normalized spacial score (nSPS) is 21.1. The Labute approximate surface area is 61.5 Å². The van der Waals surface area contributed by atoms with Crippen LogP contribution in [0, 0.1) is 0 Å². The second-order valence-corrected chi connectivity index (χ2v) is 2.86. The SMILES string of the molecule is CN1C=C(CO)CN(C)C1. The van der Waals surface area contributed by atoms with Crippen molar-refractivity contribution in [2.24, 2.45) is 0 Å². The molecule has 0 saturated heterocycles. The van der Waals surface area contributed by atoms with Crippen molar-refractivity contribution in [2.45, 2.75) is 0 Å². The summed E-state index contributed by atoms with van der Waals surface area (Å²) >= 11 is 0. The summed E-state index contributed by atoms with van der Waals surface area (Å²) in [5.41, 5.74) is 1.08. The van der Waals surface area contributed by atoms with Crippen LogP contribution < -0.4 is 0 Å². The van der Waals surface area contributed by atoms with E-state index < -0.39 is 0 Å². The maximum atomic E-state index is 8.80.